The second-order valence-electron chi connectivity index (χ2n) is 3.97. The van der Waals surface area contributed by atoms with E-state index in [0.717, 1.165) is 30.6 Å². The molecule has 3 nitrogen and oxygen atoms in total. The third-order valence-electron chi connectivity index (χ3n) is 2.69. The van der Waals surface area contributed by atoms with Crippen molar-refractivity contribution in [2.75, 3.05) is 20.3 Å². The Kier molecular flexibility index (Phi) is 5.90. The molecule has 0 heterocycles. The minimum atomic E-state index is 0.164. The predicted octanol–water partition coefficient (Wildman–Crippen LogP) is 1.62. The fourth-order valence-electron chi connectivity index (χ4n) is 1.77. The summed E-state index contributed by atoms with van der Waals surface area (Å²) in [7, 11) is 1.65. The zero-order valence-electron chi connectivity index (χ0n) is 9.72. The quantitative estimate of drug-likeness (QED) is 0.740. The summed E-state index contributed by atoms with van der Waals surface area (Å²) in [6.45, 7) is 0.353. The number of methoxy groups -OCH3 is 1. The average molecular weight is 224 g/mol. The molecule has 0 aliphatic rings. The van der Waals surface area contributed by atoms with Crippen LogP contribution in [0.3, 0.4) is 0 Å². The van der Waals surface area contributed by atoms with Crippen LogP contribution in [0.2, 0.25) is 0 Å². The van der Waals surface area contributed by atoms with E-state index >= 15 is 0 Å². The fraction of sp³-hybridized carbons (Fsp3) is 0.538. The van der Waals surface area contributed by atoms with Crippen molar-refractivity contribution in [2.24, 2.45) is 5.92 Å². The summed E-state index contributed by atoms with van der Waals surface area (Å²) in [5, 5.41) is 18.0. The first-order chi connectivity index (χ1) is 7.80. The summed E-state index contributed by atoms with van der Waals surface area (Å²) in [5.41, 5.74) is 1.16. The largest absolute Gasteiger partial charge is 0.497 e. The second-order valence-corrected chi connectivity index (χ2v) is 3.97. The summed E-state index contributed by atoms with van der Waals surface area (Å²) in [6.07, 6.45) is 2.42. The normalized spacial score (nSPS) is 12.4. The maximum atomic E-state index is 9.23. The minimum Gasteiger partial charge on any atom is -0.497 e. The fourth-order valence-corrected chi connectivity index (χ4v) is 1.77. The van der Waals surface area contributed by atoms with Crippen molar-refractivity contribution in [3.8, 4) is 5.75 Å². The van der Waals surface area contributed by atoms with Gasteiger partial charge in [-0.05, 0) is 42.9 Å². The van der Waals surface area contributed by atoms with E-state index in [1.165, 1.54) is 0 Å². The van der Waals surface area contributed by atoms with Crippen molar-refractivity contribution < 1.29 is 14.9 Å². The van der Waals surface area contributed by atoms with Gasteiger partial charge in [-0.25, -0.2) is 0 Å². The van der Waals surface area contributed by atoms with Crippen LogP contribution in [0, 0.1) is 5.92 Å². The number of aliphatic hydroxyl groups excluding tert-OH is 2. The molecule has 0 saturated carbocycles. The van der Waals surface area contributed by atoms with E-state index in [0.29, 0.717) is 0 Å². The van der Waals surface area contributed by atoms with Crippen LogP contribution in [0.4, 0.5) is 0 Å². The smallest absolute Gasteiger partial charge is 0.119 e. The molecule has 0 unspecified atom stereocenters. The van der Waals surface area contributed by atoms with E-state index < -0.39 is 0 Å². The Balaban J connectivity index is 2.55. The molecular formula is C13H20O3. The molecule has 0 aliphatic heterocycles. The molecule has 3 heteroatoms. The van der Waals surface area contributed by atoms with Gasteiger partial charge in [0, 0.05) is 13.2 Å². The first-order valence-electron chi connectivity index (χ1n) is 5.64. The number of rotatable bonds is 7. The van der Waals surface area contributed by atoms with Crippen LogP contribution in [0.1, 0.15) is 18.4 Å². The standard InChI is InChI=1S/C13H20O3/c1-16-13-6-2-4-11(9-13)8-12(10-15)5-3-7-14/h2,4,6,9,12,14-15H,3,5,7-8,10H2,1H3/t12-/m1/s1. The van der Waals surface area contributed by atoms with E-state index in [1.807, 2.05) is 24.3 Å². The first kappa shape index (κ1) is 13.0. The van der Waals surface area contributed by atoms with Gasteiger partial charge >= 0.3 is 0 Å². The van der Waals surface area contributed by atoms with Gasteiger partial charge in [-0.3, -0.25) is 0 Å². The van der Waals surface area contributed by atoms with E-state index in [2.05, 4.69) is 0 Å². The van der Waals surface area contributed by atoms with Gasteiger partial charge in [-0.15, -0.1) is 0 Å². The molecular weight excluding hydrogens is 204 g/mol. The predicted molar refractivity (Wildman–Crippen MR) is 63.6 cm³/mol. The Morgan fingerprint density at radius 1 is 1.31 bits per heavy atom. The van der Waals surface area contributed by atoms with Gasteiger partial charge < -0.3 is 14.9 Å². The van der Waals surface area contributed by atoms with Gasteiger partial charge in [0.15, 0.2) is 0 Å². The lowest BCUT2D eigenvalue weighted by molar-refractivity contribution is 0.201. The van der Waals surface area contributed by atoms with Crippen LogP contribution in [0.5, 0.6) is 5.75 Å². The highest BCUT2D eigenvalue weighted by Gasteiger charge is 2.08. The van der Waals surface area contributed by atoms with Crippen molar-refractivity contribution in [2.45, 2.75) is 19.3 Å². The van der Waals surface area contributed by atoms with Gasteiger partial charge in [0.05, 0.1) is 7.11 Å². The summed E-state index contributed by atoms with van der Waals surface area (Å²) < 4.78 is 5.15. The lowest BCUT2D eigenvalue weighted by Gasteiger charge is -2.13. The van der Waals surface area contributed by atoms with Crippen molar-refractivity contribution >= 4 is 0 Å². The monoisotopic (exact) mass is 224 g/mol. The molecule has 0 amide bonds. The van der Waals surface area contributed by atoms with Crippen LogP contribution in [0.25, 0.3) is 0 Å². The topological polar surface area (TPSA) is 49.7 Å². The van der Waals surface area contributed by atoms with Gasteiger partial charge in [0.2, 0.25) is 0 Å². The molecule has 0 spiro atoms. The highest BCUT2D eigenvalue weighted by molar-refractivity contribution is 5.28. The maximum Gasteiger partial charge on any atom is 0.119 e. The summed E-state index contributed by atoms with van der Waals surface area (Å²) in [4.78, 5) is 0. The van der Waals surface area contributed by atoms with Gasteiger partial charge in [-0.2, -0.15) is 0 Å². The average Bonchev–Trinajstić information content (AvgIpc) is 2.34. The third kappa shape index (κ3) is 4.21. The van der Waals surface area contributed by atoms with Crippen LogP contribution in [-0.2, 0) is 6.42 Å². The summed E-state index contributed by atoms with van der Waals surface area (Å²) >= 11 is 0. The van der Waals surface area contributed by atoms with Crippen molar-refractivity contribution in [1.82, 2.24) is 0 Å². The Labute approximate surface area is 96.7 Å². The molecule has 1 aromatic carbocycles. The van der Waals surface area contributed by atoms with Crippen molar-refractivity contribution in [1.29, 1.82) is 0 Å². The SMILES string of the molecule is COc1cccc(C[C@H](CO)CCCO)c1. The molecule has 1 aromatic rings. The Morgan fingerprint density at radius 2 is 2.12 bits per heavy atom. The van der Waals surface area contributed by atoms with Gasteiger partial charge in [-0.1, -0.05) is 12.1 Å². The zero-order valence-corrected chi connectivity index (χ0v) is 9.72. The molecule has 1 rings (SSSR count). The molecule has 2 N–H and O–H groups in total. The lowest BCUT2D eigenvalue weighted by atomic mass is 9.95. The van der Waals surface area contributed by atoms with Crippen LogP contribution >= 0.6 is 0 Å². The van der Waals surface area contributed by atoms with Crippen molar-refractivity contribution in [3.05, 3.63) is 29.8 Å². The molecule has 1 atom stereocenters. The molecule has 0 fully saturated rings. The summed E-state index contributed by atoms with van der Waals surface area (Å²) in [6, 6.07) is 7.88. The van der Waals surface area contributed by atoms with Gasteiger partial charge in [0.25, 0.3) is 0 Å². The summed E-state index contributed by atoms with van der Waals surface area (Å²) in [5.74, 6) is 1.07. The number of aliphatic hydroxyl groups is 2. The molecule has 0 aromatic heterocycles. The first-order valence-corrected chi connectivity index (χ1v) is 5.64. The Hall–Kier alpha value is -1.06. The van der Waals surface area contributed by atoms with Gasteiger partial charge in [0.1, 0.15) is 5.75 Å². The van der Waals surface area contributed by atoms with Crippen molar-refractivity contribution in [3.63, 3.8) is 0 Å². The van der Waals surface area contributed by atoms with Crippen LogP contribution in [-0.4, -0.2) is 30.5 Å². The highest BCUT2D eigenvalue weighted by Crippen LogP contribution is 2.18. The molecule has 0 bridgehead atoms. The molecule has 16 heavy (non-hydrogen) atoms. The Morgan fingerprint density at radius 3 is 2.75 bits per heavy atom. The van der Waals surface area contributed by atoms with E-state index in [-0.39, 0.29) is 19.1 Å². The number of ether oxygens (including phenoxy) is 1. The molecule has 0 saturated heterocycles. The van der Waals surface area contributed by atoms with E-state index in [4.69, 9.17) is 9.84 Å². The maximum absolute atomic E-state index is 9.23. The molecule has 0 radical (unpaired) electrons. The van der Waals surface area contributed by atoms with E-state index in [1.54, 1.807) is 7.11 Å². The molecule has 0 aliphatic carbocycles. The number of hydrogen-bond acceptors (Lipinski definition) is 3. The minimum absolute atomic E-state index is 0.164. The number of benzene rings is 1. The van der Waals surface area contributed by atoms with Crippen LogP contribution in [0.15, 0.2) is 24.3 Å². The lowest BCUT2D eigenvalue weighted by Crippen LogP contribution is -2.10. The van der Waals surface area contributed by atoms with E-state index in [9.17, 15) is 5.11 Å². The second kappa shape index (κ2) is 7.25. The zero-order chi connectivity index (χ0) is 11.8. The highest BCUT2D eigenvalue weighted by atomic mass is 16.5. The number of hydrogen-bond donors (Lipinski definition) is 2. The van der Waals surface area contributed by atoms with Crippen LogP contribution < -0.4 is 4.74 Å². The molecule has 90 valence electrons. The Bertz CT molecular complexity index is 299. The third-order valence-corrected chi connectivity index (χ3v) is 2.69.